The molecule has 5 nitrogen and oxygen atoms in total. The second kappa shape index (κ2) is 6.12. The standard InChI is InChI=1S/C16H20N4OS/c1-10-6-4-5-7-14(10)20-12(3)18-19-16(20)22-11(2)15(21)17-13-8-9-13/h4-7,11,13H,8-9H2,1-3H3,(H,17,21). The Labute approximate surface area is 134 Å². The molecule has 1 atom stereocenters. The summed E-state index contributed by atoms with van der Waals surface area (Å²) in [7, 11) is 0. The fourth-order valence-electron chi connectivity index (χ4n) is 2.27. The van der Waals surface area contributed by atoms with Crippen molar-refractivity contribution in [3.63, 3.8) is 0 Å². The molecule has 0 aliphatic heterocycles. The number of rotatable bonds is 5. The van der Waals surface area contributed by atoms with Crippen LogP contribution in [0.5, 0.6) is 0 Å². The van der Waals surface area contributed by atoms with Crippen LogP contribution < -0.4 is 5.32 Å². The van der Waals surface area contributed by atoms with E-state index in [1.54, 1.807) is 0 Å². The summed E-state index contributed by atoms with van der Waals surface area (Å²) >= 11 is 1.45. The molecule has 0 radical (unpaired) electrons. The van der Waals surface area contributed by atoms with Gasteiger partial charge in [0, 0.05) is 6.04 Å². The fraction of sp³-hybridized carbons (Fsp3) is 0.438. The van der Waals surface area contributed by atoms with Gasteiger partial charge in [-0.05, 0) is 45.2 Å². The van der Waals surface area contributed by atoms with Crippen LogP contribution in [0.15, 0.2) is 29.4 Å². The maximum absolute atomic E-state index is 12.1. The third kappa shape index (κ3) is 3.16. The summed E-state index contributed by atoms with van der Waals surface area (Å²) in [5, 5.41) is 12.0. The molecule has 0 bridgehead atoms. The van der Waals surface area contributed by atoms with Crippen molar-refractivity contribution in [3.8, 4) is 5.69 Å². The van der Waals surface area contributed by atoms with E-state index in [1.165, 1.54) is 11.8 Å². The number of carbonyl (C=O) groups excluding carboxylic acids is 1. The van der Waals surface area contributed by atoms with Crippen molar-refractivity contribution in [1.82, 2.24) is 20.1 Å². The number of aromatic nitrogens is 3. The Morgan fingerprint density at radius 3 is 2.73 bits per heavy atom. The van der Waals surface area contributed by atoms with Gasteiger partial charge in [0.25, 0.3) is 0 Å². The zero-order valence-electron chi connectivity index (χ0n) is 13.0. The van der Waals surface area contributed by atoms with Crippen LogP contribution in [0.2, 0.25) is 0 Å². The average Bonchev–Trinajstić information content (AvgIpc) is 3.23. The molecule has 3 rings (SSSR count). The summed E-state index contributed by atoms with van der Waals surface area (Å²) in [5.41, 5.74) is 2.21. The van der Waals surface area contributed by atoms with Gasteiger partial charge in [0.2, 0.25) is 5.91 Å². The van der Waals surface area contributed by atoms with Crippen LogP contribution in [0.3, 0.4) is 0 Å². The molecule has 6 heteroatoms. The van der Waals surface area contributed by atoms with E-state index in [1.807, 2.05) is 36.6 Å². The monoisotopic (exact) mass is 316 g/mol. The van der Waals surface area contributed by atoms with Gasteiger partial charge in [0.1, 0.15) is 5.82 Å². The first-order chi connectivity index (χ1) is 10.6. The Balaban J connectivity index is 1.83. The van der Waals surface area contributed by atoms with Crippen molar-refractivity contribution in [2.24, 2.45) is 0 Å². The lowest BCUT2D eigenvalue weighted by molar-refractivity contribution is -0.120. The molecule has 1 heterocycles. The largest absolute Gasteiger partial charge is 0.352 e. The second-order valence-electron chi connectivity index (χ2n) is 5.69. The Bertz CT molecular complexity index is 693. The Hall–Kier alpha value is -1.82. The van der Waals surface area contributed by atoms with Crippen molar-refractivity contribution >= 4 is 17.7 Å². The molecule has 2 aromatic rings. The van der Waals surface area contributed by atoms with Crippen molar-refractivity contribution in [2.75, 3.05) is 0 Å². The highest BCUT2D eigenvalue weighted by molar-refractivity contribution is 8.00. The SMILES string of the molecule is Cc1ccccc1-n1c(C)nnc1SC(C)C(=O)NC1CC1. The highest BCUT2D eigenvalue weighted by Crippen LogP contribution is 2.28. The van der Waals surface area contributed by atoms with Gasteiger partial charge < -0.3 is 5.32 Å². The molecule has 1 saturated carbocycles. The first kappa shape index (κ1) is 15.1. The lowest BCUT2D eigenvalue weighted by Gasteiger charge is -2.14. The van der Waals surface area contributed by atoms with Gasteiger partial charge in [-0.1, -0.05) is 30.0 Å². The highest BCUT2D eigenvalue weighted by Gasteiger charge is 2.27. The number of benzene rings is 1. The van der Waals surface area contributed by atoms with Gasteiger partial charge in [-0.2, -0.15) is 0 Å². The van der Waals surface area contributed by atoms with Crippen LogP contribution in [-0.2, 0) is 4.79 Å². The number of aryl methyl sites for hydroxylation is 2. The van der Waals surface area contributed by atoms with Crippen LogP contribution in [-0.4, -0.2) is 32.0 Å². The number of nitrogens with one attached hydrogen (secondary N) is 1. The predicted octanol–water partition coefficient (Wildman–Crippen LogP) is 2.64. The Kier molecular flexibility index (Phi) is 4.20. The highest BCUT2D eigenvalue weighted by atomic mass is 32.2. The molecule has 1 aliphatic carbocycles. The van der Waals surface area contributed by atoms with Crippen LogP contribution in [0.4, 0.5) is 0 Å². The van der Waals surface area contributed by atoms with Crippen LogP contribution in [0, 0.1) is 13.8 Å². The third-order valence-corrected chi connectivity index (χ3v) is 4.77. The molecule has 1 aromatic heterocycles. The smallest absolute Gasteiger partial charge is 0.233 e. The quantitative estimate of drug-likeness (QED) is 0.862. The molecule has 1 aromatic carbocycles. The Morgan fingerprint density at radius 1 is 1.32 bits per heavy atom. The van der Waals surface area contributed by atoms with Gasteiger partial charge in [-0.15, -0.1) is 10.2 Å². The summed E-state index contributed by atoms with van der Waals surface area (Å²) in [6, 6.07) is 8.50. The molecule has 0 spiro atoms. The zero-order chi connectivity index (χ0) is 15.7. The van der Waals surface area contributed by atoms with Crippen molar-refractivity contribution < 1.29 is 4.79 Å². The first-order valence-electron chi connectivity index (χ1n) is 7.51. The minimum absolute atomic E-state index is 0.0736. The number of amides is 1. The summed E-state index contributed by atoms with van der Waals surface area (Å²) in [4.78, 5) is 12.1. The molecule has 1 amide bonds. The maximum Gasteiger partial charge on any atom is 0.233 e. The van der Waals surface area contributed by atoms with E-state index in [4.69, 9.17) is 0 Å². The number of hydrogen-bond acceptors (Lipinski definition) is 4. The van der Waals surface area contributed by atoms with Crippen LogP contribution >= 0.6 is 11.8 Å². The van der Waals surface area contributed by atoms with E-state index in [0.29, 0.717) is 6.04 Å². The van der Waals surface area contributed by atoms with Gasteiger partial charge in [-0.3, -0.25) is 9.36 Å². The predicted molar refractivity (Wildman–Crippen MR) is 87.3 cm³/mol. The number of thioether (sulfide) groups is 1. The summed E-state index contributed by atoms with van der Waals surface area (Å²) in [6.45, 7) is 5.90. The topological polar surface area (TPSA) is 59.8 Å². The summed E-state index contributed by atoms with van der Waals surface area (Å²) in [5.74, 6) is 0.899. The van der Waals surface area contributed by atoms with Gasteiger partial charge in [0.15, 0.2) is 5.16 Å². The molecule has 1 N–H and O–H groups in total. The lowest BCUT2D eigenvalue weighted by atomic mass is 10.2. The molecule has 1 unspecified atom stereocenters. The molecule has 1 aliphatic rings. The van der Waals surface area contributed by atoms with Crippen LogP contribution in [0.1, 0.15) is 31.2 Å². The lowest BCUT2D eigenvalue weighted by Crippen LogP contribution is -2.32. The fourth-order valence-corrected chi connectivity index (χ4v) is 3.18. The van der Waals surface area contributed by atoms with E-state index in [2.05, 4.69) is 28.5 Å². The summed E-state index contributed by atoms with van der Waals surface area (Å²) < 4.78 is 2.01. The zero-order valence-corrected chi connectivity index (χ0v) is 13.9. The average molecular weight is 316 g/mol. The number of hydrogen-bond donors (Lipinski definition) is 1. The second-order valence-corrected chi connectivity index (χ2v) is 7.00. The molecule has 22 heavy (non-hydrogen) atoms. The van der Waals surface area contributed by atoms with Crippen molar-refractivity contribution in [2.45, 2.75) is 50.1 Å². The normalized spacial score (nSPS) is 15.6. The number of carbonyl (C=O) groups is 1. The molecular weight excluding hydrogens is 296 g/mol. The van der Waals surface area contributed by atoms with E-state index in [0.717, 1.165) is 35.1 Å². The molecule has 116 valence electrons. The van der Waals surface area contributed by atoms with E-state index >= 15 is 0 Å². The van der Waals surface area contributed by atoms with Crippen LogP contribution in [0.25, 0.3) is 5.69 Å². The first-order valence-corrected chi connectivity index (χ1v) is 8.39. The van der Waals surface area contributed by atoms with Gasteiger partial charge in [0.05, 0.1) is 10.9 Å². The number of nitrogens with zero attached hydrogens (tertiary/aromatic N) is 3. The third-order valence-electron chi connectivity index (χ3n) is 3.73. The van der Waals surface area contributed by atoms with Crippen molar-refractivity contribution in [3.05, 3.63) is 35.7 Å². The van der Waals surface area contributed by atoms with Gasteiger partial charge in [-0.25, -0.2) is 0 Å². The van der Waals surface area contributed by atoms with E-state index < -0.39 is 0 Å². The number of para-hydroxylation sites is 1. The molecule has 0 saturated heterocycles. The van der Waals surface area contributed by atoms with E-state index in [9.17, 15) is 4.79 Å². The van der Waals surface area contributed by atoms with E-state index in [-0.39, 0.29) is 11.2 Å². The minimum atomic E-state index is -0.188. The molecule has 1 fully saturated rings. The Morgan fingerprint density at radius 2 is 2.05 bits per heavy atom. The van der Waals surface area contributed by atoms with Gasteiger partial charge >= 0.3 is 0 Å². The maximum atomic E-state index is 12.1. The molecular formula is C16H20N4OS. The summed E-state index contributed by atoms with van der Waals surface area (Å²) in [6.07, 6.45) is 2.20. The minimum Gasteiger partial charge on any atom is -0.352 e. The van der Waals surface area contributed by atoms with Crippen molar-refractivity contribution in [1.29, 1.82) is 0 Å².